The van der Waals surface area contributed by atoms with Gasteiger partial charge in [0.25, 0.3) is 5.91 Å². The Balaban J connectivity index is 1.47. The summed E-state index contributed by atoms with van der Waals surface area (Å²) in [5.74, 6) is -0.653. The van der Waals surface area contributed by atoms with Gasteiger partial charge in [-0.25, -0.2) is 4.39 Å². The first-order valence-electron chi connectivity index (χ1n) is 10.2. The van der Waals surface area contributed by atoms with Crippen LogP contribution in [0.15, 0.2) is 42.5 Å². The third kappa shape index (κ3) is 4.49. The molecule has 0 aromatic heterocycles. The Morgan fingerprint density at radius 1 is 1.07 bits per heavy atom. The number of nitrogens with zero attached hydrogens (tertiary/aromatic N) is 1. The first-order chi connectivity index (χ1) is 14.1. The van der Waals surface area contributed by atoms with Gasteiger partial charge in [0.15, 0.2) is 0 Å². The monoisotopic (exact) mass is 394 g/mol. The number of hydrogen-bond acceptors (Lipinski definition) is 4. The number of carbonyl (C=O) groups excluding carboxylic acids is 1. The highest BCUT2D eigenvalue weighted by molar-refractivity contribution is 6.04. The number of hydrogen-bond donors (Lipinski definition) is 3. The molecular formula is C23H27FN4O. The zero-order chi connectivity index (χ0) is 20.2. The molecule has 2 aliphatic rings. The second kappa shape index (κ2) is 8.76. The molecule has 0 spiro atoms. The van der Waals surface area contributed by atoms with Crippen molar-refractivity contribution in [3.05, 3.63) is 65.0 Å². The van der Waals surface area contributed by atoms with Crippen LogP contribution in [0.3, 0.4) is 0 Å². The van der Waals surface area contributed by atoms with Gasteiger partial charge < -0.3 is 20.9 Å². The summed E-state index contributed by atoms with van der Waals surface area (Å²) in [4.78, 5) is 15.0. The first kappa shape index (κ1) is 19.6. The minimum absolute atomic E-state index is 0.302. The summed E-state index contributed by atoms with van der Waals surface area (Å²) >= 11 is 0. The number of rotatable bonds is 4. The number of anilines is 2. The van der Waals surface area contributed by atoms with E-state index >= 15 is 0 Å². The van der Waals surface area contributed by atoms with Gasteiger partial charge in [0.1, 0.15) is 5.82 Å². The quantitative estimate of drug-likeness (QED) is 0.746. The maximum Gasteiger partial charge on any atom is 0.255 e. The Morgan fingerprint density at radius 2 is 1.90 bits per heavy atom. The Morgan fingerprint density at radius 3 is 2.59 bits per heavy atom. The van der Waals surface area contributed by atoms with Gasteiger partial charge in [0.05, 0.1) is 0 Å². The van der Waals surface area contributed by atoms with E-state index in [4.69, 9.17) is 0 Å². The molecule has 2 heterocycles. The van der Waals surface area contributed by atoms with Gasteiger partial charge in [-0.2, -0.15) is 0 Å². The molecule has 3 N–H and O–H groups in total. The van der Waals surface area contributed by atoms with E-state index in [0.29, 0.717) is 11.1 Å². The summed E-state index contributed by atoms with van der Waals surface area (Å²) in [6, 6.07) is 10.7. The molecule has 1 amide bonds. The molecule has 2 aliphatic heterocycles. The molecule has 0 unspecified atom stereocenters. The Bertz CT molecular complexity index is 934. The van der Waals surface area contributed by atoms with Gasteiger partial charge in [-0.05, 0) is 61.4 Å². The molecule has 152 valence electrons. The van der Waals surface area contributed by atoms with Crippen molar-refractivity contribution in [2.24, 2.45) is 0 Å². The van der Waals surface area contributed by atoms with Gasteiger partial charge in [0, 0.05) is 55.2 Å². The van der Waals surface area contributed by atoms with Crippen LogP contribution in [0.5, 0.6) is 0 Å². The fourth-order valence-electron chi connectivity index (χ4n) is 3.98. The maximum absolute atomic E-state index is 14.6. The smallest absolute Gasteiger partial charge is 0.255 e. The predicted molar refractivity (Wildman–Crippen MR) is 116 cm³/mol. The molecule has 0 bridgehead atoms. The van der Waals surface area contributed by atoms with E-state index in [1.54, 1.807) is 12.1 Å². The van der Waals surface area contributed by atoms with Crippen molar-refractivity contribution in [2.75, 3.05) is 49.5 Å². The average molecular weight is 394 g/mol. The molecule has 0 radical (unpaired) electrons. The lowest BCUT2D eigenvalue weighted by Crippen LogP contribution is -2.43. The summed E-state index contributed by atoms with van der Waals surface area (Å²) in [5.41, 5.74) is 4.92. The van der Waals surface area contributed by atoms with Crippen LogP contribution in [0.1, 0.15) is 27.9 Å². The Kier molecular flexibility index (Phi) is 5.92. The molecule has 0 atom stereocenters. The molecule has 29 heavy (non-hydrogen) atoms. The van der Waals surface area contributed by atoms with Crippen molar-refractivity contribution in [3.8, 4) is 0 Å². The highest BCUT2D eigenvalue weighted by Gasteiger charge is 2.16. The van der Waals surface area contributed by atoms with Crippen molar-refractivity contribution in [1.82, 2.24) is 10.6 Å². The summed E-state index contributed by atoms with van der Waals surface area (Å²) in [6.07, 6.45) is 2.80. The zero-order valence-corrected chi connectivity index (χ0v) is 16.7. The third-order valence-electron chi connectivity index (χ3n) is 5.55. The molecular weight excluding hydrogens is 367 g/mol. The van der Waals surface area contributed by atoms with Gasteiger partial charge in [-0.1, -0.05) is 12.1 Å². The van der Waals surface area contributed by atoms with E-state index in [0.717, 1.165) is 62.5 Å². The van der Waals surface area contributed by atoms with E-state index in [-0.39, 0.29) is 11.7 Å². The Hall–Kier alpha value is -2.70. The normalized spacial score (nSPS) is 17.0. The molecule has 2 aromatic carbocycles. The van der Waals surface area contributed by atoms with Crippen LogP contribution in [0.2, 0.25) is 0 Å². The standard InChI is InChI=1S/C23H27FN4O/c1-16-14-19(3-5-22(16)28-12-10-26-11-13-28)27-23(29)18-2-4-20(21(24)15-18)17-6-8-25-9-7-17/h2-6,14-15,25-26H,7-13H2,1H3,(H,27,29). The molecule has 1 saturated heterocycles. The highest BCUT2D eigenvalue weighted by Crippen LogP contribution is 2.26. The predicted octanol–water partition coefficient (Wildman–Crippen LogP) is 3.17. The number of benzene rings is 2. The van der Waals surface area contributed by atoms with Crippen LogP contribution in [-0.4, -0.2) is 45.2 Å². The Labute approximate surface area is 171 Å². The van der Waals surface area contributed by atoms with Crippen molar-refractivity contribution >= 4 is 22.9 Å². The zero-order valence-electron chi connectivity index (χ0n) is 16.7. The largest absolute Gasteiger partial charge is 0.369 e. The number of nitrogens with one attached hydrogen (secondary N) is 3. The second-order valence-electron chi connectivity index (χ2n) is 7.57. The number of carbonyl (C=O) groups is 1. The van der Waals surface area contributed by atoms with Crippen LogP contribution in [0.25, 0.3) is 5.57 Å². The summed E-state index contributed by atoms with van der Waals surface area (Å²) in [7, 11) is 0. The molecule has 4 rings (SSSR count). The van der Waals surface area contributed by atoms with E-state index < -0.39 is 0 Å². The topological polar surface area (TPSA) is 56.4 Å². The molecule has 0 aliphatic carbocycles. The lowest BCUT2D eigenvalue weighted by atomic mass is 9.98. The van der Waals surface area contributed by atoms with Gasteiger partial charge in [0.2, 0.25) is 0 Å². The molecule has 0 saturated carbocycles. The van der Waals surface area contributed by atoms with Crippen molar-refractivity contribution < 1.29 is 9.18 Å². The van der Waals surface area contributed by atoms with E-state index in [1.165, 1.54) is 11.8 Å². The molecule has 5 nitrogen and oxygen atoms in total. The number of piperazine rings is 1. The van der Waals surface area contributed by atoms with Crippen LogP contribution >= 0.6 is 0 Å². The van der Waals surface area contributed by atoms with Crippen LogP contribution in [-0.2, 0) is 0 Å². The average Bonchev–Trinajstić information content (AvgIpc) is 2.75. The highest BCUT2D eigenvalue weighted by atomic mass is 19.1. The van der Waals surface area contributed by atoms with Crippen molar-refractivity contribution in [2.45, 2.75) is 13.3 Å². The molecule has 6 heteroatoms. The lowest BCUT2D eigenvalue weighted by Gasteiger charge is -2.30. The lowest BCUT2D eigenvalue weighted by molar-refractivity contribution is 0.102. The summed E-state index contributed by atoms with van der Waals surface area (Å²) in [5, 5.41) is 9.47. The maximum atomic E-state index is 14.6. The first-order valence-corrected chi connectivity index (χ1v) is 10.2. The number of aryl methyl sites for hydroxylation is 1. The fraction of sp³-hybridized carbons (Fsp3) is 0.348. The van der Waals surface area contributed by atoms with Crippen LogP contribution < -0.4 is 20.9 Å². The van der Waals surface area contributed by atoms with Gasteiger partial charge in [-0.15, -0.1) is 0 Å². The summed E-state index contributed by atoms with van der Waals surface area (Å²) in [6.45, 7) is 7.56. The SMILES string of the molecule is Cc1cc(NC(=O)c2ccc(C3=CCNCC3)c(F)c2)ccc1N1CCNCC1. The fourth-order valence-corrected chi connectivity index (χ4v) is 3.98. The van der Waals surface area contributed by atoms with Crippen molar-refractivity contribution in [3.63, 3.8) is 0 Å². The summed E-state index contributed by atoms with van der Waals surface area (Å²) < 4.78 is 14.6. The minimum atomic E-state index is -0.351. The number of halogens is 1. The van der Waals surface area contributed by atoms with E-state index in [9.17, 15) is 9.18 Å². The van der Waals surface area contributed by atoms with Crippen molar-refractivity contribution in [1.29, 1.82) is 0 Å². The minimum Gasteiger partial charge on any atom is -0.369 e. The van der Waals surface area contributed by atoms with Gasteiger partial charge in [-0.3, -0.25) is 4.79 Å². The third-order valence-corrected chi connectivity index (χ3v) is 5.55. The van der Waals surface area contributed by atoms with Crippen LogP contribution in [0.4, 0.5) is 15.8 Å². The molecule has 2 aromatic rings. The second-order valence-corrected chi connectivity index (χ2v) is 7.57. The van der Waals surface area contributed by atoms with E-state index in [1.807, 2.05) is 31.2 Å². The van der Waals surface area contributed by atoms with Gasteiger partial charge >= 0.3 is 0 Å². The van der Waals surface area contributed by atoms with Crippen LogP contribution in [0, 0.1) is 12.7 Å². The van der Waals surface area contributed by atoms with E-state index in [2.05, 4.69) is 20.9 Å². The number of amides is 1. The molecule has 1 fully saturated rings.